The minimum absolute atomic E-state index is 0.0101. The number of cyclic esters (lactones) is 1. The maximum atomic E-state index is 14.1. The molecule has 36 heavy (non-hydrogen) atoms. The van der Waals surface area contributed by atoms with E-state index in [1.165, 1.54) is 0 Å². The molecule has 4 aliphatic heterocycles. The van der Waals surface area contributed by atoms with Crippen LogP contribution in [0.25, 0.3) is 0 Å². The zero-order valence-electron chi connectivity index (χ0n) is 21.6. The number of carbonyl (C=O) groups excluding carboxylic acids is 3. The van der Waals surface area contributed by atoms with Gasteiger partial charge < -0.3 is 19.6 Å². The van der Waals surface area contributed by atoms with E-state index in [1.807, 2.05) is 4.90 Å². The number of unbranched alkanes of at least 4 members (excludes halogenated alkanes) is 5. The Labute approximate surface area is 219 Å². The molecule has 2 amide bonds. The minimum Gasteiger partial charge on any atom is -0.465 e. The first-order valence-corrected chi connectivity index (χ1v) is 14.8. The lowest BCUT2D eigenvalue weighted by atomic mass is 9.78. The van der Waals surface area contributed by atoms with Gasteiger partial charge in [0.2, 0.25) is 11.8 Å². The second kappa shape index (κ2) is 12.6. The highest BCUT2D eigenvalue weighted by molar-refractivity contribution is 8.02. The molecule has 0 aromatic rings. The van der Waals surface area contributed by atoms with Gasteiger partial charge in [0.25, 0.3) is 0 Å². The van der Waals surface area contributed by atoms with Gasteiger partial charge in [-0.2, -0.15) is 0 Å². The predicted molar refractivity (Wildman–Crippen MR) is 141 cm³/mol. The highest BCUT2D eigenvalue weighted by Gasteiger charge is 2.70. The number of thioether (sulfide) groups is 1. The summed E-state index contributed by atoms with van der Waals surface area (Å²) in [7, 11) is 0. The van der Waals surface area contributed by atoms with Gasteiger partial charge in [-0.3, -0.25) is 14.4 Å². The van der Waals surface area contributed by atoms with Gasteiger partial charge in [0, 0.05) is 31.5 Å². The summed E-state index contributed by atoms with van der Waals surface area (Å²) in [6.07, 6.45) is 17.5. The average Bonchev–Trinajstić information content (AvgIpc) is 3.25. The van der Waals surface area contributed by atoms with E-state index in [9.17, 15) is 14.4 Å². The summed E-state index contributed by atoms with van der Waals surface area (Å²) in [5, 5.41) is 8.93. The molecule has 1 spiro atoms. The number of nitrogens with zero attached hydrogens (tertiary/aromatic N) is 2. The van der Waals surface area contributed by atoms with Gasteiger partial charge in [0.15, 0.2) is 0 Å². The monoisotopic (exact) mass is 518 g/mol. The molecule has 4 heterocycles. The summed E-state index contributed by atoms with van der Waals surface area (Å²) >= 11 is 1.62. The van der Waals surface area contributed by atoms with Crippen molar-refractivity contribution in [3.8, 4) is 0 Å². The summed E-state index contributed by atoms with van der Waals surface area (Å²) in [6, 6.07) is -0.600. The molecule has 0 saturated carbocycles. The average molecular weight is 519 g/mol. The molecule has 5 atom stereocenters. The van der Waals surface area contributed by atoms with Crippen LogP contribution < -0.4 is 0 Å². The van der Waals surface area contributed by atoms with Crippen molar-refractivity contribution in [2.45, 2.75) is 87.2 Å². The van der Waals surface area contributed by atoms with Crippen LogP contribution in [0.4, 0.5) is 0 Å². The van der Waals surface area contributed by atoms with Crippen molar-refractivity contribution in [1.82, 2.24) is 9.80 Å². The van der Waals surface area contributed by atoms with Crippen molar-refractivity contribution in [2.24, 2.45) is 11.8 Å². The largest absolute Gasteiger partial charge is 0.465 e. The fraction of sp³-hybridized carbons (Fsp3) is 0.750. The van der Waals surface area contributed by atoms with E-state index in [-0.39, 0.29) is 29.6 Å². The molecule has 0 aliphatic carbocycles. The molecule has 4 aliphatic rings. The minimum atomic E-state index is -0.758. The van der Waals surface area contributed by atoms with Crippen LogP contribution in [0.2, 0.25) is 0 Å². The Morgan fingerprint density at radius 3 is 2.64 bits per heavy atom. The Kier molecular flexibility index (Phi) is 9.56. The van der Waals surface area contributed by atoms with Gasteiger partial charge in [-0.1, -0.05) is 56.9 Å². The standard InChI is InChI=1S/C28H42N2O5S/c1-2-3-9-16-29-17-13-15-28-23(22-21(36-28)14-8-4-7-12-20-35-27(22)34)25(32)30(24(28)26(29)33)18-10-5-6-11-19-31/h8,13-15,21-24,31H,2-7,9-12,16-20H2,1H3/b14-8-/t21-,22+,23+,24?,28+/m1/s1. The maximum Gasteiger partial charge on any atom is 0.311 e. The quantitative estimate of drug-likeness (QED) is 0.270. The summed E-state index contributed by atoms with van der Waals surface area (Å²) in [5.74, 6) is -1.55. The summed E-state index contributed by atoms with van der Waals surface area (Å²) in [5.41, 5.74) is 0. The molecule has 4 rings (SSSR count). The number of ether oxygens (including phenoxy) is 1. The number of aliphatic hydroxyl groups is 1. The van der Waals surface area contributed by atoms with Crippen LogP contribution in [0.3, 0.4) is 0 Å². The Balaban J connectivity index is 1.67. The highest BCUT2D eigenvalue weighted by Crippen LogP contribution is 2.60. The Bertz CT molecular complexity index is 861. The molecule has 0 bridgehead atoms. The van der Waals surface area contributed by atoms with Gasteiger partial charge in [0.05, 0.1) is 23.2 Å². The first-order chi connectivity index (χ1) is 17.5. The van der Waals surface area contributed by atoms with Crippen molar-refractivity contribution in [3.05, 3.63) is 24.3 Å². The van der Waals surface area contributed by atoms with Gasteiger partial charge in [-0.05, 0) is 38.5 Å². The summed E-state index contributed by atoms with van der Waals surface area (Å²) in [6.45, 7) is 4.43. The zero-order valence-corrected chi connectivity index (χ0v) is 22.4. The van der Waals surface area contributed by atoms with Crippen LogP contribution in [-0.2, 0) is 19.1 Å². The number of hydrogen-bond acceptors (Lipinski definition) is 6. The lowest BCUT2D eigenvalue weighted by Crippen LogP contribution is -2.53. The number of hydrogen-bond donors (Lipinski definition) is 1. The third-order valence-corrected chi connectivity index (χ3v) is 9.77. The topological polar surface area (TPSA) is 87.2 Å². The SMILES string of the molecule is CCCCCN1CC=C[C@]23S[C@@H]4/C=C\CCCCOC(=O)[C@@H]4[C@H]2C(=O)N(CCCCCCO)C3C1=O. The number of amides is 2. The van der Waals surface area contributed by atoms with E-state index >= 15 is 0 Å². The first-order valence-electron chi connectivity index (χ1n) is 13.9. The molecule has 0 aromatic carbocycles. The smallest absolute Gasteiger partial charge is 0.311 e. The fourth-order valence-corrected chi connectivity index (χ4v) is 8.21. The molecule has 200 valence electrons. The molecular weight excluding hydrogens is 476 g/mol. The third-order valence-electron chi connectivity index (χ3n) is 8.02. The molecule has 2 fully saturated rings. The summed E-state index contributed by atoms with van der Waals surface area (Å²) < 4.78 is 4.91. The molecule has 1 unspecified atom stereocenters. The van der Waals surface area contributed by atoms with Crippen molar-refractivity contribution in [2.75, 3.05) is 32.8 Å². The van der Waals surface area contributed by atoms with Gasteiger partial charge in [-0.25, -0.2) is 0 Å². The van der Waals surface area contributed by atoms with Crippen LogP contribution in [0.5, 0.6) is 0 Å². The van der Waals surface area contributed by atoms with Crippen molar-refractivity contribution >= 4 is 29.5 Å². The van der Waals surface area contributed by atoms with Gasteiger partial charge in [0.1, 0.15) is 6.04 Å². The zero-order chi connectivity index (χ0) is 25.5. The molecule has 0 radical (unpaired) electrons. The molecule has 2 saturated heterocycles. The number of rotatable bonds is 10. The number of carbonyl (C=O) groups is 3. The van der Waals surface area contributed by atoms with Crippen molar-refractivity contribution < 1.29 is 24.2 Å². The van der Waals surface area contributed by atoms with Crippen LogP contribution >= 0.6 is 11.8 Å². The van der Waals surface area contributed by atoms with Crippen LogP contribution in [0.15, 0.2) is 24.3 Å². The lowest BCUT2D eigenvalue weighted by molar-refractivity contribution is -0.153. The van der Waals surface area contributed by atoms with Crippen molar-refractivity contribution in [1.29, 1.82) is 0 Å². The third kappa shape index (κ3) is 5.40. The molecule has 1 N–H and O–H groups in total. The van der Waals surface area contributed by atoms with E-state index < -0.39 is 22.6 Å². The molecular formula is C28H42N2O5S. The molecule has 7 nitrogen and oxygen atoms in total. The van der Waals surface area contributed by atoms with E-state index in [0.29, 0.717) is 26.2 Å². The van der Waals surface area contributed by atoms with Crippen molar-refractivity contribution in [3.63, 3.8) is 0 Å². The van der Waals surface area contributed by atoms with Crippen LogP contribution in [-0.4, -0.2) is 81.6 Å². The second-order valence-corrected chi connectivity index (χ2v) is 12.0. The van der Waals surface area contributed by atoms with E-state index in [4.69, 9.17) is 9.84 Å². The number of esters is 1. The number of fused-ring (bicyclic) bond motifs is 2. The lowest BCUT2D eigenvalue weighted by Gasteiger charge is -2.35. The van der Waals surface area contributed by atoms with Gasteiger partial charge in [-0.15, -0.1) is 11.8 Å². The number of allylic oxidation sites excluding steroid dienone is 1. The Morgan fingerprint density at radius 1 is 1.03 bits per heavy atom. The highest BCUT2D eigenvalue weighted by atomic mass is 32.2. The van der Waals surface area contributed by atoms with E-state index in [1.54, 1.807) is 16.7 Å². The first kappa shape index (κ1) is 27.2. The predicted octanol–water partition coefficient (Wildman–Crippen LogP) is 3.71. The second-order valence-electron chi connectivity index (χ2n) is 10.5. The normalized spacial score (nSPS) is 33.1. The van der Waals surface area contributed by atoms with Gasteiger partial charge >= 0.3 is 5.97 Å². The Hall–Kier alpha value is -1.80. The van der Waals surface area contributed by atoms with E-state index in [2.05, 4.69) is 31.2 Å². The molecule has 0 aromatic heterocycles. The maximum absolute atomic E-state index is 14.1. The molecule has 8 heteroatoms. The summed E-state index contributed by atoms with van der Waals surface area (Å²) in [4.78, 5) is 45.2. The van der Waals surface area contributed by atoms with Crippen LogP contribution in [0, 0.1) is 11.8 Å². The van der Waals surface area contributed by atoms with E-state index in [0.717, 1.165) is 64.2 Å². The van der Waals surface area contributed by atoms with Crippen LogP contribution in [0.1, 0.15) is 71.1 Å². The Morgan fingerprint density at radius 2 is 1.83 bits per heavy atom. The fourth-order valence-electron chi connectivity index (χ4n) is 6.20. The number of aliphatic hydroxyl groups excluding tert-OH is 1. The number of likely N-dealkylation sites (tertiary alicyclic amines) is 1.